The highest BCUT2D eigenvalue weighted by atomic mass is 35.5. The molecule has 1 N–H and O–H groups in total. The lowest BCUT2D eigenvalue weighted by Gasteiger charge is -2.36. The van der Waals surface area contributed by atoms with Crippen LogP contribution in [0.1, 0.15) is 12.0 Å². The van der Waals surface area contributed by atoms with Gasteiger partial charge in [-0.15, -0.1) is 0 Å². The van der Waals surface area contributed by atoms with E-state index in [2.05, 4.69) is 16.3 Å². The summed E-state index contributed by atoms with van der Waals surface area (Å²) in [6.45, 7) is 4.92. The molecule has 1 unspecified atom stereocenters. The van der Waals surface area contributed by atoms with Gasteiger partial charge in [0.25, 0.3) is 0 Å². The first-order chi connectivity index (χ1) is 7.81. The van der Waals surface area contributed by atoms with Crippen molar-refractivity contribution < 1.29 is 0 Å². The van der Waals surface area contributed by atoms with Gasteiger partial charge in [0.05, 0.1) is 0 Å². The molecule has 86 valence electrons. The number of halogens is 1. The lowest BCUT2D eigenvalue weighted by molar-refractivity contribution is 0.154. The van der Waals surface area contributed by atoms with Gasteiger partial charge in [-0.05, 0) is 49.5 Å². The predicted molar refractivity (Wildman–Crippen MR) is 68.2 cm³/mol. The maximum Gasteiger partial charge on any atom is 0.0426 e. The predicted octanol–water partition coefficient (Wildman–Crippen LogP) is 2.63. The van der Waals surface area contributed by atoms with Crippen LogP contribution in [0.4, 0.5) is 5.69 Å². The minimum absolute atomic E-state index is 0.758. The topological polar surface area (TPSA) is 15.3 Å². The van der Waals surface area contributed by atoms with Crippen molar-refractivity contribution in [2.75, 3.05) is 31.5 Å². The Labute approximate surface area is 102 Å². The van der Waals surface area contributed by atoms with Crippen LogP contribution in [-0.4, -0.2) is 31.1 Å². The largest absolute Gasteiger partial charge is 0.384 e. The van der Waals surface area contributed by atoms with Gasteiger partial charge in [0.15, 0.2) is 0 Å². The van der Waals surface area contributed by atoms with Crippen molar-refractivity contribution in [3.05, 3.63) is 28.8 Å². The van der Waals surface area contributed by atoms with Crippen molar-refractivity contribution in [1.29, 1.82) is 0 Å². The summed E-state index contributed by atoms with van der Waals surface area (Å²) >= 11 is 5.98. The molecule has 0 aromatic heterocycles. The second-order valence-electron chi connectivity index (χ2n) is 4.91. The second-order valence-corrected chi connectivity index (χ2v) is 5.34. The Morgan fingerprint density at radius 2 is 2.25 bits per heavy atom. The third-order valence-electron chi connectivity index (χ3n) is 3.63. The van der Waals surface area contributed by atoms with E-state index in [1.54, 1.807) is 0 Å². The standard InChI is InChI=1S/C13H17ClN2/c14-12-3-2-11-6-10(8-15-13(11)7-12)9-16-4-1-5-16/h2-3,7,10,15H,1,4-6,8-9H2. The summed E-state index contributed by atoms with van der Waals surface area (Å²) in [6.07, 6.45) is 2.57. The van der Waals surface area contributed by atoms with Crippen LogP contribution in [-0.2, 0) is 6.42 Å². The SMILES string of the molecule is Clc1ccc2c(c1)NCC(CN1CCC1)C2. The van der Waals surface area contributed by atoms with Crippen molar-refractivity contribution in [1.82, 2.24) is 4.90 Å². The van der Waals surface area contributed by atoms with E-state index in [1.807, 2.05) is 12.1 Å². The van der Waals surface area contributed by atoms with Gasteiger partial charge in [0, 0.05) is 23.8 Å². The fourth-order valence-electron chi connectivity index (χ4n) is 2.59. The van der Waals surface area contributed by atoms with Gasteiger partial charge < -0.3 is 10.2 Å². The third-order valence-corrected chi connectivity index (χ3v) is 3.86. The normalized spacial score (nSPS) is 24.4. The van der Waals surface area contributed by atoms with Crippen LogP contribution in [0, 0.1) is 5.92 Å². The first-order valence-corrected chi connectivity index (χ1v) is 6.44. The van der Waals surface area contributed by atoms with Crippen molar-refractivity contribution in [3.8, 4) is 0 Å². The van der Waals surface area contributed by atoms with E-state index < -0.39 is 0 Å². The maximum atomic E-state index is 5.98. The number of rotatable bonds is 2. The average Bonchev–Trinajstić information content (AvgIpc) is 2.23. The molecule has 0 bridgehead atoms. The zero-order chi connectivity index (χ0) is 11.0. The zero-order valence-corrected chi connectivity index (χ0v) is 10.1. The number of hydrogen-bond donors (Lipinski definition) is 1. The number of benzene rings is 1. The van der Waals surface area contributed by atoms with E-state index in [4.69, 9.17) is 11.6 Å². The molecule has 1 aromatic rings. The molecule has 0 saturated carbocycles. The second kappa shape index (κ2) is 4.27. The van der Waals surface area contributed by atoms with Crippen LogP contribution in [0.2, 0.25) is 5.02 Å². The van der Waals surface area contributed by atoms with Crippen molar-refractivity contribution in [2.45, 2.75) is 12.8 Å². The van der Waals surface area contributed by atoms with E-state index in [-0.39, 0.29) is 0 Å². The first kappa shape index (κ1) is 10.4. The summed E-state index contributed by atoms with van der Waals surface area (Å²) in [4.78, 5) is 2.55. The summed E-state index contributed by atoms with van der Waals surface area (Å²) in [5.41, 5.74) is 2.65. The highest BCUT2D eigenvalue weighted by Gasteiger charge is 2.23. The number of hydrogen-bond acceptors (Lipinski definition) is 2. The summed E-state index contributed by atoms with van der Waals surface area (Å²) in [7, 11) is 0. The first-order valence-electron chi connectivity index (χ1n) is 6.06. The van der Waals surface area contributed by atoms with Gasteiger partial charge in [-0.25, -0.2) is 0 Å². The molecule has 2 aliphatic heterocycles. The van der Waals surface area contributed by atoms with E-state index in [1.165, 1.54) is 43.7 Å². The summed E-state index contributed by atoms with van der Waals surface area (Å²) in [6, 6.07) is 6.19. The molecule has 1 atom stereocenters. The Balaban J connectivity index is 1.68. The molecule has 0 radical (unpaired) electrons. The number of anilines is 1. The highest BCUT2D eigenvalue weighted by molar-refractivity contribution is 6.30. The van der Waals surface area contributed by atoms with Crippen molar-refractivity contribution in [3.63, 3.8) is 0 Å². The maximum absolute atomic E-state index is 5.98. The van der Waals surface area contributed by atoms with Crippen molar-refractivity contribution >= 4 is 17.3 Å². The molecule has 1 saturated heterocycles. The van der Waals surface area contributed by atoms with Crippen LogP contribution in [0.5, 0.6) is 0 Å². The molecular weight excluding hydrogens is 220 g/mol. The number of likely N-dealkylation sites (tertiary alicyclic amines) is 1. The lowest BCUT2D eigenvalue weighted by Crippen LogP contribution is -2.43. The van der Waals surface area contributed by atoms with Gasteiger partial charge in [-0.3, -0.25) is 0 Å². The molecule has 2 heterocycles. The van der Waals surface area contributed by atoms with Gasteiger partial charge >= 0.3 is 0 Å². The molecule has 0 aliphatic carbocycles. The molecule has 2 aliphatic rings. The quantitative estimate of drug-likeness (QED) is 0.849. The summed E-state index contributed by atoms with van der Waals surface area (Å²) in [5.74, 6) is 0.758. The molecule has 2 nitrogen and oxygen atoms in total. The smallest absolute Gasteiger partial charge is 0.0426 e. The fourth-order valence-corrected chi connectivity index (χ4v) is 2.76. The molecular formula is C13H17ClN2. The molecule has 1 fully saturated rings. The molecule has 3 rings (SSSR count). The third kappa shape index (κ3) is 2.04. The molecule has 3 heteroatoms. The van der Waals surface area contributed by atoms with Crippen LogP contribution < -0.4 is 5.32 Å². The molecule has 0 spiro atoms. The van der Waals surface area contributed by atoms with E-state index >= 15 is 0 Å². The highest BCUT2D eigenvalue weighted by Crippen LogP contribution is 2.28. The fraction of sp³-hybridized carbons (Fsp3) is 0.538. The van der Waals surface area contributed by atoms with E-state index in [9.17, 15) is 0 Å². The van der Waals surface area contributed by atoms with E-state index in [0.717, 1.165) is 17.5 Å². The number of fused-ring (bicyclic) bond motifs is 1. The lowest BCUT2D eigenvalue weighted by atomic mass is 9.93. The van der Waals surface area contributed by atoms with E-state index in [0.29, 0.717) is 0 Å². The van der Waals surface area contributed by atoms with Crippen LogP contribution in [0.3, 0.4) is 0 Å². The monoisotopic (exact) mass is 236 g/mol. The Hall–Kier alpha value is -0.730. The summed E-state index contributed by atoms with van der Waals surface area (Å²) < 4.78 is 0. The van der Waals surface area contributed by atoms with Gasteiger partial charge in [0.2, 0.25) is 0 Å². The van der Waals surface area contributed by atoms with Gasteiger partial charge in [0.1, 0.15) is 0 Å². The number of nitrogens with one attached hydrogen (secondary N) is 1. The Morgan fingerprint density at radius 1 is 1.38 bits per heavy atom. The molecule has 0 amide bonds. The Bertz CT molecular complexity index is 388. The van der Waals surface area contributed by atoms with Crippen molar-refractivity contribution in [2.24, 2.45) is 5.92 Å². The Kier molecular flexibility index (Phi) is 2.78. The Morgan fingerprint density at radius 3 is 3.00 bits per heavy atom. The molecule has 16 heavy (non-hydrogen) atoms. The molecule has 1 aromatic carbocycles. The van der Waals surface area contributed by atoms with Crippen LogP contribution in [0.25, 0.3) is 0 Å². The van der Waals surface area contributed by atoms with Gasteiger partial charge in [-0.2, -0.15) is 0 Å². The van der Waals surface area contributed by atoms with Crippen LogP contribution in [0.15, 0.2) is 18.2 Å². The van der Waals surface area contributed by atoms with Gasteiger partial charge in [-0.1, -0.05) is 17.7 Å². The minimum Gasteiger partial charge on any atom is -0.384 e. The average molecular weight is 237 g/mol. The number of nitrogens with zero attached hydrogens (tertiary/aromatic N) is 1. The van der Waals surface area contributed by atoms with Crippen LogP contribution >= 0.6 is 11.6 Å². The minimum atomic E-state index is 0.758. The summed E-state index contributed by atoms with van der Waals surface area (Å²) in [5, 5.41) is 4.32. The zero-order valence-electron chi connectivity index (χ0n) is 9.38.